The highest BCUT2D eigenvalue weighted by molar-refractivity contribution is 5.82. The van der Waals surface area contributed by atoms with Crippen molar-refractivity contribution in [1.82, 2.24) is 10.2 Å². The maximum absolute atomic E-state index is 12.4. The van der Waals surface area contributed by atoms with Gasteiger partial charge in [0, 0.05) is 26.2 Å². The summed E-state index contributed by atoms with van der Waals surface area (Å²) in [7, 11) is 3.06. The summed E-state index contributed by atoms with van der Waals surface area (Å²) in [5.41, 5.74) is 0.108. The zero-order chi connectivity index (χ0) is 14.6. The van der Waals surface area contributed by atoms with Crippen molar-refractivity contribution in [2.45, 2.75) is 12.5 Å². The Morgan fingerprint density at radius 3 is 2.60 bits per heavy atom. The predicted octanol–water partition coefficient (Wildman–Crippen LogP) is 0.989. The van der Waals surface area contributed by atoms with Gasteiger partial charge in [-0.1, -0.05) is 12.1 Å². The van der Waals surface area contributed by atoms with Gasteiger partial charge in [0.2, 0.25) is 0 Å². The summed E-state index contributed by atoms with van der Waals surface area (Å²) in [6.45, 7) is 5.28. The van der Waals surface area contributed by atoms with Gasteiger partial charge in [-0.3, -0.25) is 4.90 Å². The molecule has 1 aliphatic rings. The van der Waals surface area contributed by atoms with Gasteiger partial charge in [-0.15, -0.1) is 0 Å². The minimum atomic E-state index is -0.786. The molecule has 0 amide bonds. The van der Waals surface area contributed by atoms with Gasteiger partial charge in [0.05, 0.1) is 14.2 Å². The van der Waals surface area contributed by atoms with Gasteiger partial charge in [-0.2, -0.15) is 0 Å². The largest absolute Gasteiger partial charge is 0.497 e. The Labute approximate surface area is 119 Å². The Morgan fingerprint density at radius 2 is 2.00 bits per heavy atom. The minimum absolute atomic E-state index is 0.243. The highest BCUT2D eigenvalue weighted by atomic mass is 16.5. The number of nitrogens with zero attached hydrogens (tertiary/aromatic N) is 1. The number of hydrogen-bond donors (Lipinski definition) is 1. The highest BCUT2D eigenvalue weighted by Gasteiger charge is 2.42. The molecule has 0 radical (unpaired) electrons. The summed E-state index contributed by atoms with van der Waals surface area (Å²) in [6.07, 6.45) is 0. The summed E-state index contributed by atoms with van der Waals surface area (Å²) >= 11 is 0. The van der Waals surface area contributed by atoms with Crippen LogP contribution in [0.2, 0.25) is 0 Å². The van der Waals surface area contributed by atoms with Gasteiger partial charge < -0.3 is 14.8 Å². The second-order valence-electron chi connectivity index (χ2n) is 5.03. The van der Waals surface area contributed by atoms with Gasteiger partial charge in [-0.25, -0.2) is 4.79 Å². The average molecular weight is 278 g/mol. The summed E-state index contributed by atoms with van der Waals surface area (Å²) in [4.78, 5) is 14.6. The third-order valence-electron chi connectivity index (χ3n) is 3.96. The van der Waals surface area contributed by atoms with Gasteiger partial charge in [-0.05, 0) is 24.6 Å². The molecule has 1 heterocycles. The quantitative estimate of drug-likeness (QED) is 0.832. The minimum Gasteiger partial charge on any atom is -0.497 e. The Kier molecular flexibility index (Phi) is 4.62. The number of carbonyl (C=O) groups is 1. The van der Waals surface area contributed by atoms with Crippen LogP contribution in [0.1, 0.15) is 12.5 Å². The van der Waals surface area contributed by atoms with Crippen molar-refractivity contribution in [2.75, 3.05) is 40.4 Å². The van der Waals surface area contributed by atoms with Crippen molar-refractivity contribution in [1.29, 1.82) is 0 Å². The molecule has 1 aromatic carbocycles. The molecule has 1 unspecified atom stereocenters. The van der Waals surface area contributed by atoms with E-state index in [9.17, 15) is 4.79 Å². The maximum Gasteiger partial charge on any atom is 0.330 e. The Hall–Kier alpha value is -1.59. The molecule has 0 aliphatic carbocycles. The first kappa shape index (κ1) is 14.8. The number of carbonyl (C=O) groups excluding carboxylic acids is 1. The Bertz CT molecular complexity index is 472. The third kappa shape index (κ3) is 2.64. The fourth-order valence-electron chi connectivity index (χ4n) is 2.67. The lowest BCUT2D eigenvalue weighted by Gasteiger charge is -2.41. The predicted molar refractivity (Wildman–Crippen MR) is 76.8 cm³/mol. The number of nitrogens with one attached hydrogen (secondary N) is 1. The number of esters is 1. The van der Waals surface area contributed by atoms with Crippen molar-refractivity contribution < 1.29 is 14.3 Å². The lowest BCUT2D eigenvalue weighted by atomic mass is 9.89. The normalized spacial score (nSPS) is 19.1. The van der Waals surface area contributed by atoms with Gasteiger partial charge >= 0.3 is 5.97 Å². The van der Waals surface area contributed by atoms with Crippen LogP contribution in [0.15, 0.2) is 24.3 Å². The molecule has 0 spiro atoms. The van der Waals surface area contributed by atoms with E-state index in [0.29, 0.717) is 0 Å². The topological polar surface area (TPSA) is 50.8 Å². The SMILES string of the molecule is COC(=O)C(C)(c1cccc(OC)c1)N1CCNCC1. The zero-order valence-corrected chi connectivity index (χ0v) is 12.3. The molecule has 1 atom stereocenters. The molecule has 0 saturated carbocycles. The molecule has 5 heteroatoms. The van der Waals surface area contributed by atoms with Crippen LogP contribution in [0.25, 0.3) is 0 Å². The van der Waals surface area contributed by atoms with E-state index in [1.54, 1.807) is 7.11 Å². The highest BCUT2D eigenvalue weighted by Crippen LogP contribution is 2.32. The Balaban J connectivity index is 2.41. The standard InChI is InChI=1S/C15H22N2O3/c1-15(14(18)20-3,17-9-7-16-8-10-17)12-5-4-6-13(11-12)19-2/h4-6,11,16H,7-10H2,1-3H3. The van der Waals surface area contributed by atoms with Crippen LogP contribution in [-0.2, 0) is 15.1 Å². The molecule has 110 valence electrons. The first-order valence-electron chi connectivity index (χ1n) is 6.81. The van der Waals surface area contributed by atoms with E-state index in [4.69, 9.17) is 9.47 Å². The van der Waals surface area contributed by atoms with Gasteiger partial charge in [0.1, 0.15) is 11.3 Å². The summed E-state index contributed by atoms with van der Waals surface area (Å²) in [6, 6.07) is 7.62. The van der Waals surface area contributed by atoms with E-state index in [1.165, 1.54) is 7.11 Å². The van der Waals surface area contributed by atoms with Gasteiger partial charge in [0.25, 0.3) is 0 Å². The van der Waals surface area contributed by atoms with E-state index in [2.05, 4.69) is 10.2 Å². The number of benzene rings is 1. The third-order valence-corrected chi connectivity index (χ3v) is 3.96. The fourth-order valence-corrected chi connectivity index (χ4v) is 2.67. The molecule has 1 saturated heterocycles. The summed E-state index contributed by atoms with van der Waals surface area (Å²) in [5, 5.41) is 3.30. The first-order chi connectivity index (χ1) is 9.62. The number of rotatable bonds is 4. The van der Waals surface area contributed by atoms with Crippen molar-refractivity contribution in [3.05, 3.63) is 29.8 Å². The molecule has 1 aliphatic heterocycles. The van der Waals surface area contributed by atoms with Crippen LogP contribution in [0.3, 0.4) is 0 Å². The lowest BCUT2D eigenvalue weighted by molar-refractivity contribution is -0.155. The van der Waals surface area contributed by atoms with Gasteiger partial charge in [0.15, 0.2) is 0 Å². The molecular formula is C15H22N2O3. The van der Waals surface area contributed by atoms with Crippen LogP contribution < -0.4 is 10.1 Å². The number of piperazine rings is 1. The molecule has 1 fully saturated rings. The van der Waals surface area contributed by atoms with Crippen LogP contribution in [0.4, 0.5) is 0 Å². The first-order valence-corrected chi connectivity index (χ1v) is 6.81. The van der Waals surface area contributed by atoms with E-state index in [0.717, 1.165) is 37.5 Å². The van der Waals surface area contributed by atoms with Crippen molar-refractivity contribution in [3.8, 4) is 5.75 Å². The number of methoxy groups -OCH3 is 2. The zero-order valence-electron chi connectivity index (χ0n) is 12.3. The lowest BCUT2D eigenvalue weighted by Crippen LogP contribution is -2.57. The van der Waals surface area contributed by atoms with E-state index < -0.39 is 5.54 Å². The van der Waals surface area contributed by atoms with E-state index in [1.807, 2.05) is 31.2 Å². The Morgan fingerprint density at radius 1 is 1.30 bits per heavy atom. The van der Waals surface area contributed by atoms with Crippen molar-refractivity contribution in [3.63, 3.8) is 0 Å². The molecular weight excluding hydrogens is 256 g/mol. The van der Waals surface area contributed by atoms with E-state index in [-0.39, 0.29) is 5.97 Å². The smallest absolute Gasteiger partial charge is 0.330 e. The number of hydrogen-bond acceptors (Lipinski definition) is 5. The van der Waals surface area contributed by atoms with Crippen molar-refractivity contribution in [2.24, 2.45) is 0 Å². The molecule has 2 rings (SSSR count). The molecule has 20 heavy (non-hydrogen) atoms. The van der Waals surface area contributed by atoms with Crippen LogP contribution in [0.5, 0.6) is 5.75 Å². The average Bonchev–Trinajstić information content (AvgIpc) is 2.54. The second kappa shape index (κ2) is 6.24. The van der Waals surface area contributed by atoms with E-state index >= 15 is 0 Å². The van der Waals surface area contributed by atoms with Crippen molar-refractivity contribution >= 4 is 5.97 Å². The summed E-state index contributed by atoms with van der Waals surface area (Å²) in [5.74, 6) is 0.500. The van der Waals surface area contributed by atoms with Crippen LogP contribution in [-0.4, -0.2) is 51.3 Å². The molecule has 0 bridgehead atoms. The maximum atomic E-state index is 12.4. The molecule has 1 aromatic rings. The molecule has 5 nitrogen and oxygen atoms in total. The fraction of sp³-hybridized carbons (Fsp3) is 0.533. The summed E-state index contributed by atoms with van der Waals surface area (Å²) < 4.78 is 10.3. The molecule has 1 N–H and O–H groups in total. The number of ether oxygens (including phenoxy) is 2. The van der Waals surface area contributed by atoms with Crippen LogP contribution in [0, 0.1) is 0 Å². The second-order valence-corrected chi connectivity index (χ2v) is 5.03. The molecule has 0 aromatic heterocycles. The van der Waals surface area contributed by atoms with Crippen LogP contribution >= 0.6 is 0 Å². The monoisotopic (exact) mass is 278 g/mol.